The summed E-state index contributed by atoms with van der Waals surface area (Å²) in [6.45, 7) is 0.928. The van der Waals surface area contributed by atoms with Gasteiger partial charge in [0.15, 0.2) is 0 Å². The van der Waals surface area contributed by atoms with Crippen molar-refractivity contribution in [3.63, 3.8) is 0 Å². The highest BCUT2D eigenvalue weighted by Gasteiger charge is 2.48. The van der Waals surface area contributed by atoms with Gasteiger partial charge in [0.1, 0.15) is 0 Å². The molecule has 58 valence electrons. The molecule has 2 heteroatoms. The molecule has 3 aliphatic rings. The Labute approximate surface area is 62.2 Å². The average molecular weight is 141 g/mol. The van der Waals surface area contributed by atoms with Crippen LogP contribution in [0.1, 0.15) is 12.8 Å². The van der Waals surface area contributed by atoms with Crippen molar-refractivity contribution in [2.24, 2.45) is 5.92 Å². The second kappa shape index (κ2) is 2.21. The molecule has 2 aliphatic heterocycles. The summed E-state index contributed by atoms with van der Waals surface area (Å²) in [6, 6.07) is 1.63. The Morgan fingerprint density at radius 2 is 2.20 bits per heavy atom. The minimum absolute atomic E-state index is 0.731. The smallest absolute Gasteiger partial charge is 0.0620 e. The molecule has 0 radical (unpaired) electrons. The zero-order chi connectivity index (χ0) is 7.14. The van der Waals surface area contributed by atoms with Crippen LogP contribution >= 0.6 is 0 Å². The van der Waals surface area contributed by atoms with E-state index in [4.69, 9.17) is 4.74 Å². The Bertz CT molecular complexity index is 131. The molecule has 10 heavy (non-hydrogen) atoms. The second-order valence-electron chi connectivity index (χ2n) is 3.57. The van der Waals surface area contributed by atoms with Crippen LogP contribution in [0.3, 0.4) is 0 Å². The number of rotatable bonds is 2. The molecule has 0 amide bonds. The largest absolute Gasteiger partial charge is 0.383 e. The number of fused-ring (bicyclic) bond motifs is 1. The molecule has 2 nitrogen and oxygen atoms in total. The number of methoxy groups -OCH3 is 1. The Morgan fingerprint density at radius 3 is 2.60 bits per heavy atom. The van der Waals surface area contributed by atoms with Gasteiger partial charge in [0.2, 0.25) is 0 Å². The van der Waals surface area contributed by atoms with E-state index in [-0.39, 0.29) is 0 Å². The van der Waals surface area contributed by atoms with Crippen molar-refractivity contribution < 1.29 is 4.74 Å². The second-order valence-corrected chi connectivity index (χ2v) is 3.57. The molecule has 1 saturated carbocycles. The number of likely N-dealkylation sites (N-methyl/N-ethyl adjacent to an activating group) is 1. The van der Waals surface area contributed by atoms with Gasteiger partial charge in [-0.2, -0.15) is 0 Å². The van der Waals surface area contributed by atoms with Crippen molar-refractivity contribution >= 4 is 0 Å². The average Bonchev–Trinajstić information content (AvgIpc) is 2.20. The first kappa shape index (κ1) is 6.62. The van der Waals surface area contributed by atoms with Gasteiger partial charge in [-0.1, -0.05) is 0 Å². The lowest BCUT2D eigenvalue weighted by Gasteiger charge is -2.22. The minimum Gasteiger partial charge on any atom is -0.383 e. The van der Waals surface area contributed by atoms with Crippen LogP contribution in [0.15, 0.2) is 0 Å². The molecule has 2 heterocycles. The van der Waals surface area contributed by atoms with Gasteiger partial charge in [0.25, 0.3) is 0 Å². The molecule has 0 aromatic rings. The van der Waals surface area contributed by atoms with E-state index in [0.29, 0.717) is 0 Å². The van der Waals surface area contributed by atoms with E-state index in [0.717, 1.165) is 24.6 Å². The predicted octanol–water partition coefficient (Wildman–Crippen LogP) is 0.725. The standard InChI is InChI=1S/C8H15NO/c1-9-7-3-6(4-7)8(9)5-10-2/h6-8H,3-5H2,1-2H3/t6?,7?,8-/m1/s1. The molecule has 3 rings (SSSR count). The molecule has 0 N–H and O–H groups in total. The summed E-state index contributed by atoms with van der Waals surface area (Å²) in [7, 11) is 4.02. The van der Waals surface area contributed by atoms with Crippen LogP contribution in [0, 0.1) is 5.92 Å². The summed E-state index contributed by atoms with van der Waals surface area (Å²) < 4.78 is 5.15. The highest BCUT2D eigenvalue weighted by atomic mass is 16.5. The fraction of sp³-hybridized carbons (Fsp3) is 1.00. The van der Waals surface area contributed by atoms with Crippen LogP contribution in [-0.2, 0) is 4.74 Å². The van der Waals surface area contributed by atoms with Crippen LogP contribution in [0.5, 0.6) is 0 Å². The third kappa shape index (κ3) is 0.722. The molecular formula is C8H15NO. The van der Waals surface area contributed by atoms with Crippen LogP contribution in [0.2, 0.25) is 0 Å². The Balaban J connectivity index is 1.96. The van der Waals surface area contributed by atoms with E-state index < -0.39 is 0 Å². The molecule has 0 unspecified atom stereocenters. The molecule has 2 saturated heterocycles. The van der Waals surface area contributed by atoms with Crippen LogP contribution in [-0.4, -0.2) is 37.7 Å². The van der Waals surface area contributed by atoms with Gasteiger partial charge >= 0.3 is 0 Å². The molecule has 2 bridgehead atoms. The van der Waals surface area contributed by atoms with Crippen molar-refractivity contribution in [1.29, 1.82) is 0 Å². The summed E-state index contributed by atoms with van der Waals surface area (Å²) in [6.07, 6.45) is 2.84. The molecule has 1 atom stereocenters. The summed E-state index contributed by atoms with van der Waals surface area (Å²) in [5, 5.41) is 0. The SMILES string of the molecule is COC[C@@H]1C2CC(C2)N1C. The summed E-state index contributed by atoms with van der Waals surface area (Å²) in [4.78, 5) is 2.48. The maximum absolute atomic E-state index is 5.15. The zero-order valence-electron chi connectivity index (χ0n) is 6.71. The van der Waals surface area contributed by atoms with E-state index in [2.05, 4.69) is 11.9 Å². The van der Waals surface area contributed by atoms with Gasteiger partial charge < -0.3 is 4.74 Å². The van der Waals surface area contributed by atoms with Crippen LogP contribution in [0.25, 0.3) is 0 Å². The van der Waals surface area contributed by atoms with Crippen molar-refractivity contribution in [3.05, 3.63) is 0 Å². The highest BCUT2D eigenvalue weighted by molar-refractivity contribution is 5.02. The van der Waals surface area contributed by atoms with E-state index in [1.165, 1.54) is 12.8 Å². The van der Waals surface area contributed by atoms with E-state index in [1.54, 1.807) is 7.11 Å². The maximum atomic E-state index is 5.15. The molecule has 3 fully saturated rings. The van der Waals surface area contributed by atoms with E-state index in [1.807, 2.05) is 0 Å². The van der Waals surface area contributed by atoms with Crippen molar-refractivity contribution in [1.82, 2.24) is 4.90 Å². The molecule has 0 aromatic heterocycles. The number of hydrogen-bond donors (Lipinski definition) is 0. The number of nitrogens with zero attached hydrogens (tertiary/aromatic N) is 1. The van der Waals surface area contributed by atoms with Gasteiger partial charge in [-0.25, -0.2) is 0 Å². The first-order valence-electron chi connectivity index (χ1n) is 4.04. The summed E-state index contributed by atoms with van der Waals surface area (Å²) in [5.41, 5.74) is 0. The fourth-order valence-electron chi connectivity index (χ4n) is 2.30. The zero-order valence-corrected chi connectivity index (χ0v) is 6.71. The lowest BCUT2D eigenvalue weighted by Crippen LogP contribution is -2.29. The first-order chi connectivity index (χ1) is 4.83. The van der Waals surface area contributed by atoms with Crippen LogP contribution < -0.4 is 0 Å². The van der Waals surface area contributed by atoms with Crippen molar-refractivity contribution in [3.8, 4) is 0 Å². The quantitative estimate of drug-likeness (QED) is 0.562. The molecular weight excluding hydrogens is 126 g/mol. The van der Waals surface area contributed by atoms with E-state index in [9.17, 15) is 0 Å². The topological polar surface area (TPSA) is 12.5 Å². The van der Waals surface area contributed by atoms with Gasteiger partial charge in [0, 0.05) is 19.2 Å². The summed E-state index contributed by atoms with van der Waals surface area (Å²) in [5.74, 6) is 0.954. The Kier molecular flexibility index (Phi) is 1.46. The summed E-state index contributed by atoms with van der Waals surface area (Å²) >= 11 is 0. The Morgan fingerprint density at radius 1 is 1.50 bits per heavy atom. The molecule has 0 spiro atoms. The molecule has 1 aliphatic carbocycles. The van der Waals surface area contributed by atoms with Gasteiger partial charge in [-0.05, 0) is 25.8 Å². The fourth-order valence-corrected chi connectivity index (χ4v) is 2.30. The predicted molar refractivity (Wildman–Crippen MR) is 39.9 cm³/mol. The van der Waals surface area contributed by atoms with E-state index >= 15 is 0 Å². The van der Waals surface area contributed by atoms with Crippen molar-refractivity contribution in [2.75, 3.05) is 20.8 Å². The highest BCUT2D eigenvalue weighted by Crippen LogP contribution is 2.44. The monoisotopic (exact) mass is 141 g/mol. The van der Waals surface area contributed by atoms with Gasteiger partial charge in [0.05, 0.1) is 6.61 Å². The first-order valence-corrected chi connectivity index (χ1v) is 4.04. The van der Waals surface area contributed by atoms with Gasteiger partial charge in [-0.3, -0.25) is 4.90 Å². The van der Waals surface area contributed by atoms with Crippen molar-refractivity contribution in [2.45, 2.75) is 24.9 Å². The van der Waals surface area contributed by atoms with Crippen LogP contribution in [0.4, 0.5) is 0 Å². The third-order valence-electron chi connectivity index (χ3n) is 3.13. The maximum Gasteiger partial charge on any atom is 0.0620 e. The molecule has 0 aromatic carbocycles. The third-order valence-corrected chi connectivity index (χ3v) is 3.13. The Hall–Kier alpha value is -0.0800. The normalized spacial score (nSPS) is 45.6. The van der Waals surface area contributed by atoms with Gasteiger partial charge in [-0.15, -0.1) is 0 Å². The lowest BCUT2D eigenvalue weighted by atomic mass is 9.83. The minimum atomic E-state index is 0.731. The number of hydrogen-bond acceptors (Lipinski definition) is 2. The lowest BCUT2D eigenvalue weighted by molar-refractivity contribution is 0.127. The number of ether oxygens (including phenoxy) is 1.